The first-order chi connectivity index (χ1) is 10.0. The van der Waals surface area contributed by atoms with Crippen molar-refractivity contribution >= 4 is 11.8 Å². The second-order valence-corrected chi connectivity index (χ2v) is 5.75. The Labute approximate surface area is 124 Å². The lowest BCUT2D eigenvalue weighted by molar-refractivity contribution is -0.134. The van der Waals surface area contributed by atoms with E-state index in [-0.39, 0.29) is 11.8 Å². The highest BCUT2D eigenvalue weighted by Crippen LogP contribution is 2.14. The van der Waals surface area contributed by atoms with Gasteiger partial charge in [0.2, 0.25) is 11.8 Å². The number of nitrogens with zero attached hydrogens (tertiary/aromatic N) is 4. The van der Waals surface area contributed by atoms with Gasteiger partial charge in [-0.2, -0.15) is 5.10 Å². The number of aryl methyl sites for hydroxylation is 1. The van der Waals surface area contributed by atoms with E-state index >= 15 is 0 Å². The molecule has 2 amide bonds. The Morgan fingerprint density at radius 1 is 1.43 bits per heavy atom. The third-order valence-electron chi connectivity index (χ3n) is 3.59. The molecule has 21 heavy (non-hydrogen) atoms. The van der Waals surface area contributed by atoms with Gasteiger partial charge in [-0.1, -0.05) is 13.8 Å². The SMILES string of the molecule is CCn1ncnc1CN1CCC(=O)NC(CC(C)C)C1=O. The molecule has 1 aliphatic heterocycles. The van der Waals surface area contributed by atoms with Crippen molar-refractivity contribution < 1.29 is 9.59 Å². The van der Waals surface area contributed by atoms with E-state index in [1.165, 1.54) is 6.33 Å². The number of carbonyl (C=O) groups excluding carboxylic acids is 2. The average molecular weight is 293 g/mol. The summed E-state index contributed by atoms with van der Waals surface area (Å²) in [6.07, 6.45) is 2.48. The predicted octanol–water partition coefficient (Wildman–Crippen LogP) is 0.561. The average Bonchev–Trinajstić information content (AvgIpc) is 2.83. The summed E-state index contributed by atoms with van der Waals surface area (Å²) in [5.41, 5.74) is 0. The summed E-state index contributed by atoms with van der Waals surface area (Å²) >= 11 is 0. The number of hydrogen-bond donors (Lipinski definition) is 1. The van der Waals surface area contributed by atoms with Gasteiger partial charge in [-0.3, -0.25) is 9.59 Å². The Hall–Kier alpha value is -1.92. The van der Waals surface area contributed by atoms with Crippen LogP contribution < -0.4 is 5.32 Å². The molecule has 1 atom stereocenters. The van der Waals surface area contributed by atoms with Gasteiger partial charge in [-0.15, -0.1) is 0 Å². The number of hydrogen-bond acceptors (Lipinski definition) is 4. The minimum Gasteiger partial charge on any atom is -0.344 e. The minimum atomic E-state index is -0.432. The maximum absolute atomic E-state index is 12.6. The van der Waals surface area contributed by atoms with Crippen LogP contribution in [0.15, 0.2) is 6.33 Å². The molecule has 2 rings (SSSR count). The van der Waals surface area contributed by atoms with Crippen LogP contribution in [0.25, 0.3) is 0 Å². The van der Waals surface area contributed by atoms with Crippen LogP contribution in [-0.2, 0) is 22.7 Å². The third-order valence-corrected chi connectivity index (χ3v) is 3.59. The van der Waals surface area contributed by atoms with Crippen molar-refractivity contribution in [2.24, 2.45) is 5.92 Å². The number of carbonyl (C=O) groups is 2. The Morgan fingerprint density at radius 3 is 2.86 bits per heavy atom. The van der Waals surface area contributed by atoms with Gasteiger partial charge in [0.1, 0.15) is 18.2 Å². The summed E-state index contributed by atoms with van der Waals surface area (Å²) < 4.78 is 1.77. The lowest BCUT2D eigenvalue weighted by Crippen LogP contribution is -2.45. The zero-order valence-electron chi connectivity index (χ0n) is 12.9. The smallest absolute Gasteiger partial charge is 0.245 e. The fraction of sp³-hybridized carbons (Fsp3) is 0.714. The summed E-state index contributed by atoms with van der Waals surface area (Å²) in [7, 11) is 0. The maximum Gasteiger partial charge on any atom is 0.245 e. The topological polar surface area (TPSA) is 80.1 Å². The number of rotatable bonds is 5. The van der Waals surface area contributed by atoms with Crippen LogP contribution in [0.5, 0.6) is 0 Å². The molecule has 1 N–H and O–H groups in total. The van der Waals surface area contributed by atoms with E-state index < -0.39 is 6.04 Å². The Morgan fingerprint density at radius 2 is 2.19 bits per heavy atom. The molecule has 0 aromatic carbocycles. The van der Waals surface area contributed by atoms with E-state index in [2.05, 4.69) is 15.4 Å². The molecular weight excluding hydrogens is 270 g/mol. The zero-order valence-corrected chi connectivity index (χ0v) is 12.9. The Balaban J connectivity index is 2.13. The first-order valence-electron chi connectivity index (χ1n) is 7.46. The molecule has 7 nitrogen and oxygen atoms in total. The second-order valence-electron chi connectivity index (χ2n) is 5.75. The number of amides is 2. The molecule has 1 aromatic heterocycles. The molecule has 2 heterocycles. The van der Waals surface area contributed by atoms with Crippen LogP contribution in [0.4, 0.5) is 0 Å². The molecule has 0 saturated carbocycles. The summed E-state index contributed by atoms with van der Waals surface area (Å²) in [5, 5.41) is 6.94. The third kappa shape index (κ3) is 3.80. The monoisotopic (exact) mass is 293 g/mol. The highest BCUT2D eigenvalue weighted by atomic mass is 16.2. The molecular formula is C14H23N5O2. The van der Waals surface area contributed by atoms with Gasteiger partial charge >= 0.3 is 0 Å². The zero-order chi connectivity index (χ0) is 15.4. The van der Waals surface area contributed by atoms with E-state index in [0.29, 0.717) is 38.4 Å². The number of nitrogens with one attached hydrogen (secondary N) is 1. The van der Waals surface area contributed by atoms with Gasteiger partial charge in [-0.25, -0.2) is 9.67 Å². The summed E-state index contributed by atoms with van der Waals surface area (Å²) in [4.78, 5) is 30.3. The summed E-state index contributed by atoms with van der Waals surface area (Å²) in [6.45, 7) is 7.61. The van der Waals surface area contributed by atoms with Gasteiger partial charge in [0, 0.05) is 19.5 Å². The minimum absolute atomic E-state index is 0.0276. The molecule has 1 saturated heterocycles. The molecule has 1 unspecified atom stereocenters. The van der Waals surface area contributed by atoms with Crippen LogP contribution in [0.2, 0.25) is 0 Å². The van der Waals surface area contributed by atoms with E-state index in [4.69, 9.17) is 0 Å². The van der Waals surface area contributed by atoms with Gasteiger partial charge in [0.05, 0.1) is 6.54 Å². The first-order valence-corrected chi connectivity index (χ1v) is 7.46. The van der Waals surface area contributed by atoms with Gasteiger partial charge in [0.15, 0.2) is 0 Å². The van der Waals surface area contributed by atoms with Crippen LogP contribution in [0.3, 0.4) is 0 Å². The largest absolute Gasteiger partial charge is 0.344 e. The van der Waals surface area contributed by atoms with Crippen molar-refractivity contribution in [1.29, 1.82) is 0 Å². The summed E-state index contributed by atoms with van der Waals surface area (Å²) in [5.74, 6) is 1.01. The van der Waals surface area contributed by atoms with E-state index in [9.17, 15) is 9.59 Å². The van der Waals surface area contributed by atoms with Crippen LogP contribution >= 0.6 is 0 Å². The molecule has 1 fully saturated rings. The first kappa shape index (κ1) is 15.5. The lowest BCUT2D eigenvalue weighted by atomic mass is 10.0. The molecule has 0 aliphatic carbocycles. The molecule has 116 valence electrons. The molecule has 7 heteroatoms. The van der Waals surface area contributed by atoms with Gasteiger partial charge in [-0.05, 0) is 19.3 Å². The van der Waals surface area contributed by atoms with E-state index in [1.807, 2.05) is 20.8 Å². The molecule has 1 aromatic rings. The fourth-order valence-corrected chi connectivity index (χ4v) is 2.53. The van der Waals surface area contributed by atoms with Crippen molar-refractivity contribution in [3.63, 3.8) is 0 Å². The Kier molecular flexibility index (Phi) is 4.93. The van der Waals surface area contributed by atoms with Crippen LogP contribution in [-0.4, -0.2) is 44.1 Å². The van der Waals surface area contributed by atoms with Crippen LogP contribution in [0, 0.1) is 5.92 Å². The molecule has 0 spiro atoms. The van der Waals surface area contributed by atoms with Gasteiger partial charge < -0.3 is 10.2 Å². The predicted molar refractivity (Wildman–Crippen MR) is 77.1 cm³/mol. The highest BCUT2D eigenvalue weighted by Gasteiger charge is 2.30. The van der Waals surface area contributed by atoms with Crippen molar-refractivity contribution in [2.45, 2.75) is 52.7 Å². The standard InChI is InChI=1S/C14H23N5O2/c1-4-19-12(15-9-16-19)8-18-6-5-13(20)17-11(14(18)21)7-10(2)3/h9-11H,4-8H2,1-3H3,(H,17,20). The lowest BCUT2D eigenvalue weighted by Gasteiger charge is -2.24. The maximum atomic E-state index is 12.6. The summed E-state index contributed by atoms with van der Waals surface area (Å²) in [6, 6.07) is -0.432. The second kappa shape index (κ2) is 6.69. The van der Waals surface area contributed by atoms with Crippen molar-refractivity contribution in [3.8, 4) is 0 Å². The molecule has 0 radical (unpaired) electrons. The van der Waals surface area contributed by atoms with Gasteiger partial charge in [0.25, 0.3) is 0 Å². The quantitative estimate of drug-likeness (QED) is 0.860. The highest BCUT2D eigenvalue weighted by molar-refractivity contribution is 5.89. The van der Waals surface area contributed by atoms with Crippen molar-refractivity contribution in [1.82, 2.24) is 25.0 Å². The molecule has 1 aliphatic rings. The fourth-order valence-electron chi connectivity index (χ4n) is 2.53. The van der Waals surface area contributed by atoms with E-state index in [1.54, 1.807) is 9.58 Å². The Bertz CT molecular complexity index is 511. The molecule has 0 bridgehead atoms. The number of aromatic nitrogens is 3. The van der Waals surface area contributed by atoms with Crippen molar-refractivity contribution in [2.75, 3.05) is 6.54 Å². The van der Waals surface area contributed by atoms with Crippen molar-refractivity contribution in [3.05, 3.63) is 12.2 Å². The normalized spacial score (nSPS) is 19.8. The van der Waals surface area contributed by atoms with Crippen LogP contribution in [0.1, 0.15) is 39.4 Å². The van der Waals surface area contributed by atoms with E-state index in [0.717, 1.165) is 5.82 Å².